The lowest BCUT2D eigenvalue weighted by atomic mass is 10.1. The van der Waals surface area contributed by atoms with Crippen LogP contribution in [0.25, 0.3) is 11.0 Å². The molecule has 1 aromatic heterocycles. The Morgan fingerprint density at radius 3 is 2.41 bits per heavy atom. The molecule has 1 aliphatic heterocycles. The number of hydrogen-bond donors (Lipinski definition) is 0. The number of likely N-dealkylation sites (tertiary alicyclic amines) is 1. The third-order valence-electron chi connectivity index (χ3n) is 5.46. The quantitative estimate of drug-likeness (QED) is 0.684. The summed E-state index contributed by atoms with van der Waals surface area (Å²) >= 11 is 0. The molecule has 1 aliphatic rings. The molecule has 1 saturated heterocycles. The number of nitrogens with zero attached hydrogens (tertiary/aromatic N) is 4. The lowest BCUT2D eigenvalue weighted by molar-refractivity contribution is -0.133. The molecule has 0 bridgehead atoms. The fourth-order valence-electron chi connectivity index (χ4n) is 4.22. The van der Waals surface area contributed by atoms with E-state index in [-0.39, 0.29) is 24.3 Å². The predicted molar refractivity (Wildman–Crippen MR) is 116 cm³/mol. The molecule has 6 nitrogen and oxygen atoms in total. The largest absolute Gasteiger partial charge is 0.342 e. The molecule has 1 fully saturated rings. The van der Waals surface area contributed by atoms with Gasteiger partial charge in [-0.3, -0.25) is 9.59 Å². The molecular weight excluding hydrogens is 364 g/mol. The van der Waals surface area contributed by atoms with Crippen LogP contribution in [0.4, 0.5) is 0 Å². The molecular formula is C23H34N4O2. The first-order chi connectivity index (χ1) is 13.8. The summed E-state index contributed by atoms with van der Waals surface area (Å²) in [6.07, 6.45) is 0.465. The Kier molecular flexibility index (Phi) is 6.60. The van der Waals surface area contributed by atoms with Crippen molar-refractivity contribution in [1.82, 2.24) is 19.4 Å². The van der Waals surface area contributed by atoms with Gasteiger partial charge in [0.15, 0.2) is 0 Å². The first-order valence-corrected chi connectivity index (χ1v) is 10.8. The maximum atomic E-state index is 13.3. The zero-order valence-corrected chi connectivity index (χ0v) is 18.4. The van der Waals surface area contributed by atoms with Crippen LogP contribution in [0.5, 0.6) is 0 Å². The van der Waals surface area contributed by atoms with E-state index < -0.39 is 0 Å². The van der Waals surface area contributed by atoms with Gasteiger partial charge in [-0.2, -0.15) is 0 Å². The van der Waals surface area contributed by atoms with E-state index in [0.29, 0.717) is 31.3 Å². The number of carbonyl (C=O) groups excluding carboxylic acids is 2. The Bertz CT molecular complexity index is 861. The number of aromatic nitrogens is 2. The topological polar surface area (TPSA) is 58.4 Å². The van der Waals surface area contributed by atoms with E-state index in [2.05, 4.69) is 27.7 Å². The molecule has 6 heteroatoms. The minimum absolute atomic E-state index is 0.0336. The van der Waals surface area contributed by atoms with E-state index in [1.54, 1.807) is 0 Å². The highest BCUT2D eigenvalue weighted by molar-refractivity contribution is 5.83. The van der Waals surface area contributed by atoms with Gasteiger partial charge in [0.2, 0.25) is 11.8 Å². The Balaban J connectivity index is 1.93. The molecule has 1 atom stereocenters. The first-order valence-electron chi connectivity index (χ1n) is 10.8. The van der Waals surface area contributed by atoms with Gasteiger partial charge in [0.25, 0.3) is 0 Å². The van der Waals surface area contributed by atoms with Crippen molar-refractivity contribution >= 4 is 22.8 Å². The average molecular weight is 399 g/mol. The highest BCUT2D eigenvalue weighted by Crippen LogP contribution is 2.30. The SMILES string of the molecule is CCN1CC(c2nc3ccccc3n2CC(=O)N(CC(C)C)CC(C)C)CC1=O. The van der Waals surface area contributed by atoms with Crippen molar-refractivity contribution in [2.75, 3.05) is 26.2 Å². The van der Waals surface area contributed by atoms with Gasteiger partial charge in [-0.25, -0.2) is 4.98 Å². The predicted octanol–water partition coefficient (Wildman–Crippen LogP) is 3.51. The smallest absolute Gasteiger partial charge is 0.242 e. The molecule has 0 spiro atoms. The molecule has 0 saturated carbocycles. The molecule has 0 radical (unpaired) electrons. The van der Waals surface area contributed by atoms with Crippen molar-refractivity contribution in [3.8, 4) is 0 Å². The zero-order valence-electron chi connectivity index (χ0n) is 18.4. The van der Waals surface area contributed by atoms with Crippen molar-refractivity contribution < 1.29 is 9.59 Å². The summed E-state index contributed by atoms with van der Waals surface area (Å²) in [6.45, 7) is 13.7. The lowest BCUT2D eigenvalue weighted by Crippen LogP contribution is -2.39. The van der Waals surface area contributed by atoms with Crippen LogP contribution in [0.2, 0.25) is 0 Å². The molecule has 1 aromatic carbocycles. The van der Waals surface area contributed by atoms with Crippen molar-refractivity contribution in [2.45, 2.75) is 53.5 Å². The van der Waals surface area contributed by atoms with Gasteiger partial charge in [-0.15, -0.1) is 0 Å². The van der Waals surface area contributed by atoms with Crippen LogP contribution < -0.4 is 0 Å². The van der Waals surface area contributed by atoms with E-state index in [9.17, 15) is 9.59 Å². The van der Waals surface area contributed by atoms with E-state index in [1.807, 2.05) is 45.6 Å². The van der Waals surface area contributed by atoms with Crippen molar-refractivity contribution in [3.05, 3.63) is 30.1 Å². The van der Waals surface area contributed by atoms with Gasteiger partial charge >= 0.3 is 0 Å². The minimum atomic E-state index is 0.0336. The summed E-state index contributed by atoms with van der Waals surface area (Å²) < 4.78 is 2.04. The summed E-state index contributed by atoms with van der Waals surface area (Å²) in [7, 11) is 0. The van der Waals surface area contributed by atoms with Gasteiger partial charge in [-0.05, 0) is 30.9 Å². The molecule has 2 aromatic rings. The van der Waals surface area contributed by atoms with Crippen molar-refractivity contribution in [1.29, 1.82) is 0 Å². The van der Waals surface area contributed by atoms with Crippen LogP contribution in [0.3, 0.4) is 0 Å². The number of hydrogen-bond acceptors (Lipinski definition) is 3. The summed E-state index contributed by atoms with van der Waals surface area (Å²) in [5, 5.41) is 0. The van der Waals surface area contributed by atoms with Crippen LogP contribution >= 0.6 is 0 Å². The van der Waals surface area contributed by atoms with Crippen LogP contribution in [-0.4, -0.2) is 57.3 Å². The monoisotopic (exact) mass is 398 g/mol. The van der Waals surface area contributed by atoms with Crippen LogP contribution in [0, 0.1) is 11.8 Å². The van der Waals surface area contributed by atoms with E-state index in [4.69, 9.17) is 4.98 Å². The van der Waals surface area contributed by atoms with Crippen LogP contribution in [0.15, 0.2) is 24.3 Å². The number of likely N-dealkylation sites (N-methyl/N-ethyl adjacent to an activating group) is 1. The van der Waals surface area contributed by atoms with Gasteiger partial charge in [0.1, 0.15) is 12.4 Å². The molecule has 29 heavy (non-hydrogen) atoms. The Labute approximate surface area is 173 Å². The fraction of sp³-hybridized carbons (Fsp3) is 0.609. The third kappa shape index (κ3) is 4.80. The Morgan fingerprint density at radius 1 is 1.17 bits per heavy atom. The normalized spacial score (nSPS) is 17.1. The molecule has 2 heterocycles. The Hall–Kier alpha value is -2.37. The second kappa shape index (κ2) is 8.97. The van der Waals surface area contributed by atoms with E-state index >= 15 is 0 Å². The number of amides is 2. The van der Waals surface area contributed by atoms with Crippen LogP contribution in [-0.2, 0) is 16.1 Å². The molecule has 0 N–H and O–H groups in total. The molecule has 158 valence electrons. The molecule has 0 aliphatic carbocycles. The number of benzene rings is 1. The van der Waals surface area contributed by atoms with E-state index in [0.717, 1.165) is 29.9 Å². The summed E-state index contributed by atoms with van der Waals surface area (Å²) in [5.41, 5.74) is 1.85. The number of imidazole rings is 1. The van der Waals surface area contributed by atoms with Gasteiger partial charge in [-0.1, -0.05) is 39.8 Å². The first kappa shape index (κ1) is 21.3. The lowest BCUT2D eigenvalue weighted by Gasteiger charge is -2.27. The maximum Gasteiger partial charge on any atom is 0.242 e. The Morgan fingerprint density at radius 2 is 1.83 bits per heavy atom. The summed E-state index contributed by atoms with van der Waals surface area (Å²) in [6, 6.07) is 7.94. The number of rotatable bonds is 8. The zero-order chi connectivity index (χ0) is 21.1. The van der Waals surface area contributed by atoms with Crippen molar-refractivity contribution in [3.63, 3.8) is 0 Å². The van der Waals surface area contributed by atoms with Gasteiger partial charge in [0.05, 0.1) is 11.0 Å². The van der Waals surface area contributed by atoms with Gasteiger partial charge < -0.3 is 14.4 Å². The van der Waals surface area contributed by atoms with E-state index in [1.165, 1.54) is 0 Å². The summed E-state index contributed by atoms with van der Waals surface area (Å²) in [5.74, 6) is 2.02. The second-order valence-electron chi connectivity index (χ2n) is 8.96. The number of carbonyl (C=O) groups is 2. The van der Waals surface area contributed by atoms with Crippen LogP contribution in [0.1, 0.15) is 52.8 Å². The number of para-hydroxylation sites is 2. The molecule has 1 unspecified atom stereocenters. The third-order valence-corrected chi connectivity index (χ3v) is 5.46. The minimum Gasteiger partial charge on any atom is -0.342 e. The van der Waals surface area contributed by atoms with Gasteiger partial charge in [0, 0.05) is 38.5 Å². The second-order valence-corrected chi connectivity index (χ2v) is 8.96. The molecule has 3 rings (SSSR count). The molecule has 2 amide bonds. The summed E-state index contributed by atoms with van der Waals surface area (Å²) in [4.78, 5) is 34.3. The maximum absolute atomic E-state index is 13.3. The number of fused-ring (bicyclic) bond motifs is 1. The van der Waals surface area contributed by atoms with Crippen molar-refractivity contribution in [2.24, 2.45) is 11.8 Å². The average Bonchev–Trinajstić information content (AvgIpc) is 3.21. The standard InChI is InChI=1S/C23H34N4O2/c1-6-25-14-18(11-21(25)28)23-24-19-9-7-8-10-20(19)27(23)15-22(29)26(12-16(2)3)13-17(4)5/h7-10,16-18H,6,11-15H2,1-5H3. The fourth-order valence-corrected chi connectivity index (χ4v) is 4.22. The highest BCUT2D eigenvalue weighted by atomic mass is 16.2. The highest BCUT2D eigenvalue weighted by Gasteiger charge is 2.33.